The van der Waals surface area contributed by atoms with Crippen LogP contribution in [0.15, 0.2) is 6.20 Å². The van der Waals surface area contributed by atoms with Crippen LogP contribution in [0, 0.1) is 10.6 Å². The predicted molar refractivity (Wildman–Crippen MR) is 55.5 cm³/mol. The van der Waals surface area contributed by atoms with Crippen LogP contribution in [0.4, 0.5) is 5.69 Å². The van der Waals surface area contributed by atoms with E-state index in [0.717, 1.165) is 15.8 Å². The Morgan fingerprint density at radius 3 is 2.82 bits per heavy atom. The maximum Gasteiger partial charge on any atom is 0.124 e. The van der Waals surface area contributed by atoms with Crippen molar-refractivity contribution in [1.82, 2.24) is 4.98 Å². The van der Waals surface area contributed by atoms with E-state index >= 15 is 0 Å². The number of hydrogen-bond acceptors (Lipinski definition) is 2. The van der Waals surface area contributed by atoms with Gasteiger partial charge in [-0.05, 0) is 47.1 Å². The third-order valence-corrected chi connectivity index (χ3v) is 2.68. The Balaban J connectivity index is 3.25. The molecule has 0 aliphatic rings. The van der Waals surface area contributed by atoms with Crippen LogP contribution in [0.25, 0.3) is 0 Å². The molecule has 0 saturated heterocycles. The fraction of sp³-hybridized carbons (Fsp3) is 0.375. The molecule has 60 valence electrons. The zero-order valence-electron chi connectivity index (χ0n) is 6.69. The summed E-state index contributed by atoms with van der Waals surface area (Å²) in [6.07, 6.45) is 2.90. The van der Waals surface area contributed by atoms with Crippen LogP contribution in [0.1, 0.15) is 18.1 Å². The molecule has 11 heavy (non-hydrogen) atoms. The predicted octanol–water partition coefficient (Wildman–Crippen LogP) is 2.14. The zero-order chi connectivity index (χ0) is 8.43. The first-order valence-electron chi connectivity index (χ1n) is 3.56. The number of aromatic nitrogens is 1. The van der Waals surface area contributed by atoms with E-state index < -0.39 is 0 Å². The molecule has 0 aromatic carbocycles. The van der Waals surface area contributed by atoms with E-state index in [-0.39, 0.29) is 0 Å². The van der Waals surface area contributed by atoms with Crippen molar-refractivity contribution in [3.63, 3.8) is 0 Å². The summed E-state index contributed by atoms with van der Waals surface area (Å²) in [5, 5.41) is 0. The molecule has 2 nitrogen and oxygen atoms in total. The van der Waals surface area contributed by atoms with Crippen molar-refractivity contribution < 1.29 is 0 Å². The molecule has 1 aromatic heterocycles. The van der Waals surface area contributed by atoms with Gasteiger partial charge >= 0.3 is 0 Å². The summed E-state index contributed by atoms with van der Waals surface area (Å²) in [6.45, 7) is 4.15. The molecule has 2 N–H and O–H groups in total. The Hall–Kier alpha value is -0.320. The second kappa shape index (κ2) is 3.38. The highest BCUT2D eigenvalue weighted by molar-refractivity contribution is 14.1. The summed E-state index contributed by atoms with van der Waals surface area (Å²) in [6, 6.07) is 0. The minimum absolute atomic E-state index is 0.824. The largest absolute Gasteiger partial charge is 0.396 e. The minimum Gasteiger partial charge on any atom is -0.396 e. The number of nitrogens with zero attached hydrogens (tertiary/aromatic N) is 1. The average molecular weight is 262 g/mol. The lowest BCUT2D eigenvalue weighted by Crippen LogP contribution is -1.99. The topological polar surface area (TPSA) is 38.9 Å². The summed E-state index contributed by atoms with van der Waals surface area (Å²) in [5.41, 5.74) is 9.02. The Morgan fingerprint density at radius 1 is 1.64 bits per heavy atom. The third-order valence-electron chi connectivity index (χ3n) is 1.82. The van der Waals surface area contributed by atoms with Crippen molar-refractivity contribution in [1.29, 1.82) is 0 Å². The summed E-state index contributed by atoms with van der Waals surface area (Å²) >= 11 is 2.15. The number of nitrogen functional groups attached to an aromatic ring is 1. The molecule has 0 radical (unpaired) electrons. The Labute approximate surface area is 80.3 Å². The summed E-state index contributed by atoms with van der Waals surface area (Å²) in [4.78, 5) is 4.17. The van der Waals surface area contributed by atoms with E-state index in [1.165, 1.54) is 11.1 Å². The molecule has 0 bridgehead atoms. The Bertz CT molecular complexity index is 271. The molecule has 1 aromatic rings. The first-order chi connectivity index (χ1) is 5.16. The maximum atomic E-state index is 5.79. The van der Waals surface area contributed by atoms with Crippen molar-refractivity contribution in [2.75, 3.05) is 5.73 Å². The molecule has 3 heteroatoms. The minimum atomic E-state index is 0.824. The number of hydrogen-bond donors (Lipinski definition) is 1. The molecular formula is C8H11IN2. The number of halogens is 1. The van der Waals surface area contributed by atoms with E-state index in [0.29, 0.717) is 0 Å². The van der Waals surface area contributed by atoms with E-state index in [1.54, 1.807) is 0 Å². The molecule has 1 heterocycles. The van der Waals surface area contributed by atoms with Gasteiger partial charge < -0.3 is 5.73 Å². The van der Waals surface area contributed by atoms with Crippen LogP contribution in [-0.4, -0.2) is 4.98 Å². The van der Waals surface area contributed by atoms with Gasteiger partial charge in [0.05, 0.1) is 5.69 Å². The number of nitrogens with two attached hydrogens (primary N) is 1. The highest BCUT2D eigenvalue weighted by Crippen LogP contribution is 2.19. The molecule has 0 unspecified atom stereocenters. The summed E-state index contributed by atoms with van der Waals surface area (Å²) in [5.74, 6) is 0. The standard InChI is InChI=1S/C8H11IN2/c1-3-6-4-11-8(9)7(10)5(6)2/h4H,3,10H2,1-2H3. The fourth-order valence-corrected chi connectivity index (χ4v) is 1.53. The number of pyridine rings is 1. The van der Waals surface area contributed by atoms with Gasteiger partial charge in [-0.1, -0.05) is 6.92 Å². The monoisotopic (exact) mass is 262 g/mol. The van der Waals surface area contributed by atoms with Crippen molar-refractivity contribution in [2.24, 2.45) is 0 Å². The number of rotatable bonds is 1. The van der Waals surface area contributed by atoms with E-state index in [1.807, 2.05) is 13.1 Å². The van der Waals surface area contributed by atoms with Gasteiger partial charge in [0.25, 0.3) is 0 Å². The van der Waals surface area contributed by atoms with Gasteiger partial charge in [-0.2, -0.15) is 0 Å². The van der Waals surface area contributed by atoms with E-state index in [9.17, 15) is 0 Å². The van der Waals surface area contributed by atoms with E-state index in [2.05, 4.69) is 34.5 Å². The lowest BCUT2D eigenvalue weighted by Gasteiger charge is -2.06. The van der Waals surface area contributed by atoms with Gasteiger partial charge in [-0.3, -0.25) is 0 Å². The van der Waals surface area contributed by atoms with Crippen molar-refractivity contribution in [3.05, 3.63) is 21.0 Å². The fourth-order valence-electron chi connectivity index (χ4n) is 0.985. The van der Waals surface area contributed by atoms with Crippen LogP contribution in [-0.2, 0) is 6.42 Å². The Morgan fingerprint density at radius 2 is 2.27 bits per heavy atom. The number of aryl methyl sites for hydroxylation is 1. The summed E-state index contributed by atoms with van der Waals surface area (Å²) < 4.78 is 0.900. The van der Waals surface area contributed by atoms with Gasteiger partial charge in [0.15, 0.2) is 0 Å². The van der Waals surface area contributed by atoms with E-state index in [4.69, 9.17) is 5.73 Å². The molecule has 0 aliphatic carbocycles. The highest BCUT2D eigenvalue weighted by atomic mass is 127. The first-order valence-corrected chi connectivity index (χ1v) is 4.64. The molecule has 0 spiro atoms. The highest BCUT2D eigenvalue weighted by Gasteiger charge is 2.03. The van der Waals surface area contributed by atoms with Gasteiger partial charge in [0.1, 0.15) is 3.70 Å². The van der Waals surface area contributed by atoms with Crippen LogP contribution in [0.2, 0.25) is 0 Å². The molecule has 0 saturated carbocycles. The zero-order valence-corrected chi connectivity index (χ0v) is 8.84. The number of anilines is 1. The van der Waals surface area contributed by atoms with Crippen LogP contribution < -0.4 is 5.73 Å². The average Bonchev–Trinajstić information content (AvgIpc) is 2.01. The molecule has 0 amide bonds. The molecule has 0 fully saturated rings. The second-order valence-electron chi connectivity index (χ2n) is 2.47. The molecule has 0 aliphatic heterocycles. The quantitative estimate of drug-likeness (QED) is 0.622. The summed E-state index contributed by atoms with van der Waals surface area (Å²) in [7, 11) is 0. The molecular weight excluding hydrogens is 251 g/mol. The van der Waals surface area contributed by atoms with Gasteiger partial charge in [0, 0.05) is 6.20 Å². The molecule has 1 rings (SSSR count). The van der Waals surface area contributed by atoms with Gasteiger partial charge in [-0.25, -0.2) is 4.98 Å². The lowest BCUT2D eigenvalue weighted by atomic mass is 10.1. The van der Waals surface area contributed by atoms with Crippen LogP contribution in [0.3, 0.4) is 0 Å². The first kappa shape index (κ1) is 8.77. The SMILES string of the molecule is CCc1cnc(I)c(N)c1C. The van der Waals surface area contributed by atoms with Gasteiger partial charge in [-0.15, -0.1) is 0 Å². The normalized spacial score (nSPS) is 10.1. The van der Waals surface area contributed by atoms with Crippen LogP contribution in [0.5, 0.6) is 0 Å². The second-order valence-corrected chi connectivity index (χ2v) is 3.49. The molecule has 0 atom stereocenters. The van der Waals surface area contributed by atoms with Crippen molar-refractivity contribution in [3.8, 4) is 0 Å². The van der Waals surface area contributed by atoms with Crippen molar-refractivity contribution >= 4 is 28.3 Å². The Kier molecular flexibility index (Phi) is 2.70. The van der Waals surface area contributed by atoms with Crippen molar-refractivity contribution in [2.45, 2.75) is 20.3 Å². The maximum absolute atomic E-state index is 5.79. The lowest BCUT2D eigenvalue weighted by molar-refractivity contribution is 1.07. The van der Waals surface area contributed by atoms with Crippen LogP contribution >= 0.6 is 22.6 Å². The third kappa shape index (κ3) is 1.64. The smallest absolute Gasteiger partial charge is 0.124 e. The van der Waals surface area contributed by atoms with Gasteiger partial charge in [0.2, 0.25) is 0 Å².